The quantitative estimate of drug-likeness (QED) is 0.600. The molecule has 0 aliphatic carbocycles. The molecule has 0 aromatic carbocycles. The molecule has 0 spiro atoms. The SMILES string of the molecule is C1=CSNC(C2=CNOC=C2)=C1. The molecule has 3 nitrogen and oxygen atoms in total. The summed E-state index contributed by atoms with van der Waals surface area (Å²) in [6.07, 6.45) is 9.33. The van der Waals surface area contributed by atoms with Crippen LogP contribution in [0.25, 0.3) is 0 Å². The van der Waals surface area contributed by atoms with Crippen molar-refractivity contribution in [3.05, 3.63) is 47.4 Å². The highest BCUT2D eigenvalue weighted by molar-refractivity contribution is 8.00. The van der Waals surface area contributed by atoms with Gasteiger partial charge in [0.15, 0.2) is 0 Å². The van der Waals surface area contributed by atoms with Gasteiger partial charge in [0.1, 0.15) is 6.26 Å². The van der Waals surface area contributed by atoms with Crippen LogP contribution in [0.15, 0.2) is 47.4 Å². The number of allylic oxidation sites excluding steroid dienone is 3. The molecule has 2 heterocycles. The highest BCUT2D eigenvalue weighted by Crippen LogP contribution is 2.17. The molecule has 2 rings (SSSR count). The molecule has 0 saturated heterocycles. The highest BCUT2D eigenvalue weighted by Gasteiger charge is 2.05. The van der Waals surface area contributed by atoms with Crippen molar-refractivity contribution in [1.29, 1.82) is 0 Å². The van der Waals surface area contributed by atoms with Crippen molar-refractivity contribution < 1.29 is 4.84 Å². The van der Waals surface area contributed by atoms with Crippen LogP contribution in [-0.4, -0.2) is 0 Å². The Labute approximate surface area is 74.9 Å². The lowest BCUT2D eigenvalue weighted by molar-refractivity contribution is 0.171. The van der Waals surface area contributed by atoms with Gasteiger partial charge in [-0.25, -0.2) is 5.48 Å². The highest BCUT2D eigenvalue weighted by atomic mass is 32.2. The van der Waals surface area contributed by atoms with Crippen molar-refractivity contribution in [3.63, 3.8) is 0 Å². The van der Waals surface area contributed by atoms with E-state index in [4.69, 9.17) is 4.84 Å². The average molecular weight is 180 g/mol. The van der Waals surface area contributed by atoms with Gasteiger partial charge < -0.3 is 9.56 Å². The molecule has 2 aliphatic heterocycles. The normalized spacial score (nSPS) is 20.0. The second-order valence-electron chi connectivity index (χ2n) is 2.27. The van der Waals surface area contributed by atoms with Gasteiger partial charge in [-0.3, -0.25) is 0 Å². The molecule has 2 aliphatic rings. The minimum atomic E-state index is 1.08. The molecule has 2 N–H and O–H groups in total. The average Bonchev–Trinajstić information content (AvgIpc) is 2.21. The summed E-state index contributed by atoms with van der Waals surface area (Å²) in [4.78, 5) is 4.80. The summed E-state index contributed by atoms with van der Waals surface area (Å²) >= 11 is 1.55. The van der Waals surface area contributed by atoms with Gasteiger partial charge in [0, 0.05) is 11.8 Å². The van der Waals surface area contributed by atoms with E-state index in [0.717, 1.165) is 11.3 Å². The fourth-order valence-corrected chi connectivity index (χ4v) is 1.46. The van der Waals surface area contributed by atoms with E-state index < -0.39 is 0 Å². The second kappa shape index (κ2) is 3.40. The molecule has 0 aromatic heterocycles. The third-order valence-electron chi connectivity index (χ3n) is 1.49. The van der Waals surface area contributed by atoms with Crippen LogP contribution in [0.1, 0.15) is 0 Å². The Balaban J connectivity index is 2.17. The van der Waals surface area contributed by atoms with Gasteiger partial charge in [0.25, 0.3) is 0 Å². The van der Waals surface area contributed by atoms with Crippen LogP contribution >= 0.6 is 11.9 Å². The molecule has 0 fully saturated rings. The summed E-state index contributed by atoms with van der Waals surface area (Å²) < 4.78 is 3.16. The van der Waals surface area contributed by atoms with E-state index >= 15 is 0 Å². The van der Waals surface area contributed by atoms with Gasteiger partial charge in [-0.1, -0.05) is 6.08 Å². The van der Waals surface area contributed by atoms with Crippen molar-refractivity contribution in [1.82, 2.24) is 10.2 Å². The molecular weight excluding hydrogens is 172 g/mol. The number of nitrogens with one attached hydrogen (secondary N) is 2. The Hall–Kier alpha value is -1.29. The molecule has 0 unspecified atom stereocenters. The zero-order valence-corrected chi connectivity index (χ0v) is 7.10. The summed E-state index contributed by atoms with van der Waals surface area (Å²) in [5.41, 5.74) is 4.83. The number of hydroxylamine groups is 1. The Morgan fingerprint density at radius 1 is 1.42 bits per heavy atom. The monoisotopic (exact) mass is 180 g/mol. The maximum absolute atomic E-state index is 4.80. The first-order valence-electron chi connectivity index (χ1n) is 3.53. The maximum Gasteiger partial charge on any atom is 0.119 e. The van der Waals surface area contributed by atoms with Crippen LogP contribution in [0.2, 0.25) is 0 Å². The molecular formula is C8H8N2OS. The van der Waals surface area contributed by atoms with Crippen molar-refractivity contribution in [3.8, 4) is 0 Å². The first kappa shape index (κ1) is 7.36. The lowest BCUT2D eigenvalue weighted by Gasteiger charge is -2.14. The molecule has 0 atom stereocenters. The number of hydrogen-bond donors (Lipinski definition) is 2. The number of rotatable bonds is 1. The first-order valence-corrected chi connectivity index (χ1v) is 4.41. The minimum absolute atomic E-state index is 1.08. The van der Waals surface area contributed by atoms with Crippen LogP contribution in [-0.2, 0) is 4.84 Å². The minimum Gasteiger partial charge on any atom is -0.391 e. The summed E-state index contributed by atoms with van der Waals surface area (Å²) in [7, 11) is 0. The van der Waals surface area contributed by atoms with Crippen molar-refractivity contribution in [2.75, 3.05) is 0 Å². The van der Waals surface area contributed by atoms with Gasteiger partial charge >= 0.3 is 0 Å². The van der Waals surface area contributed by atoms with Gasteiger partial charge in [0.2, 0.25) is 0 Å². The van der Waals surface area contributed by atoms with Gasteiger partial charge in [0.05, 0.1) is 5.70 Å². The smallest absolute Gasteiger partial charge is 0.119 e. The van der Waals surface area contributed by atoms with Crippen molar-refractivity contribution >= 4 is 11.9 Å². The van der Waals surface area contributed by atoms with Crippen molar-refractivity contribution in [2.45, 2.75) is 0 Å². The summed E-state index contributed by atoms with van der Waals surface area (Å²) in [6.45, 7) is 0. The Bertz CT molecular complexity index is 291. The number of hydrogen-bond acceptors (Lipinski definition) is 4. The molecule has 0 amide bonds. The Kier molecular flexibility index (Phi) is 2.09. The van der Waals surface area contributed by atoms with E-state index in [9.17, 15) is 0 Å². The van der Waals surface area contributed by atoms with Crippen LogP contribution in [0, 0.1) is 0 Å². The largest absolute Gasteiger partial charge is 0.391 e. The maximum atomic E-state index is 4.80. The summed E-state index contributed by atoms with van der Waals surface area (Å²) in [6, 6.07) is 0. The van der Waals surface area contributed by atoms with E-state index in [2.05, 4.69) is 10.2 Å². The molecule has 0 saturated carbocycles. The van der Waals surface area contributed by atoms with Crippen molar-refractivity contribution in [2.24, 2.45) is 0 Å². The third kappa shape index (κ3) is 1.48. The fourth-order valence-electron chi connectivity index (χ4n) is 0.921. The molecule has 0 radical (unpaired) electrons. The zero-order chi connectivity index (χ0) is 8.23. The second-order valence-corrected chi connectivity index (χ2v) is 2.98. The summed E-state index contributed by atoms with van der Waals surface area (Å²) in [5, 5.41) is 1.99. The summed E-state index contributed by atoms with van der Waals surface area (Å²) in [5.74, 6) is 0. The topological polar surface area (TPSA) is 33.3 Å². The molecule has 12 heavy (non-hydrogen) atoms. The zero-order valence-electron chi connectivity index (χ0n) is 6.28. The molecule has 4 heteroatoms. The molecule has 62 valence electrons. The lowest BCUT2D eigenvalue weighted by atomic mass is 10.2. The predicted molar refractivity (Wildman–Crippen MR) is 49.4 cm³/mol. The van der Waals surface area contributed by atoms with Crippen LogP contribution in [0.4, 0.5) is 0 Å². The van der Waals surface area contributed by atoms with Crippen LogP contribution < -0.4 is 10.2 Å². The first-order chi connectivity index (χ1) is 5.97. The van der Waals surface area contributed by atoms with Gasteiger partial charge in [-0.15, -0.1) is 0 Å². The molecule has 0 aromatic rings. The van der Waals surface area contributed by atoms with Crippen LogP contribution in [0.3, 0.4) is 0 Å². The predicted octanol–water partition coefficient (Wildman–Crippen LogP) is 1.57. The standard InChI is InChI=1S/C8H8N2OS/c1-2-8(10-12-5-1)7-3-4-11-9-6-7/h1-6,9-10H. The fraction of sp³-hybridized carbons (Fsp3) is 0. The van der Waals surface area contributed by atoms with E-state index in [1.807, 2.05) is 23.6 Å². The van der Waals surface area contributed by atoms with E-state index in [1.165, 1.54) is 0 Å². The third-order valence-corrected chi connectivity index (χ3v) is 2.12. The van der Waals surface area contributed by atoms with E-state index in [1.54, 1.807) is 24.4 Å². The lowest BCUT2D eigenvalue weighted by Crippen LogP contribution is -2.12. The molecule has 0 bridgehead atoms. The van der Waals surface area contributed by atoms with E-state index in [-0.39, 0.29) is 0 Å². The van der Waals surface area contributed by atoms with Crippen LogP contribution in [0.5, 0.6) is 0 Å². The Morgan fingerprint density at radius 3 is 3.08 bits per heavy atom. The Morgan fingerprint density at radius 2 is 2.42 bits per heavy atom. The van der Waals surface area contributed by atoms with Gasteiger partial charge in [-0.2, -0.15) is 0 Å². The van der Waals surface area contributed by atoms with E-state index in [0.29, 0.717) is 0 Å². The van der Waals surface area contributed by atoms with Gasteiger partial charge in [-0.05, 0) is 29.5 Å².